The molecule has 0 atom stereocenters. The minimum atomic E-state index is -1.07. The van der Waals surface area contributed by atoms with Crippen LogP contribution in [0, 0.1) is 0 Å². The average Bonchev–Trinajstić information content (AvgIpc) is 2.54. The van der Waals surface area contributed by atoms with Crippen molar-refractivity contribution in [2.24, 2.45) is 0 Å². The fraction of sp³-hybridized carbons (Fsp3) is 1.00. The van der Waals surface area contributed by atoms with Crippen LogP contribution in [0.15, 0.2) is 0 Å². The van der Waals surface area contributed by atoms with E-state index in [-0.39, 0.29) is 21.1 Å². The van der Waals surface area contributed by atoms with Gasteiger partial charge < -0.3 is 0 Å². The van der Waals surface area contributed by atoms with Gasteiger partial charge in [-0.1, -0.05) is 0 Å². The molecule has 21 heavy (non-hydrogen) atoms. The van der Waals surface area contributed by atoms with Crippen molar-refractivity contribution >= 4 is 53.4 Å². The van der Waals surface area contributed by atoms with Crippen molar-refractivity contribution in [3.63, 3.8) is 0 Å². The molecule has 1 aliphatic heterocycles. The van der Waals surface area contributed by atoms with E-state index in [1.165, 1.54) is 0 Å². The molecule has 0 N–H and O–H groups in total. The van der Waals surface area contributed by atoms with E-state index in [2.05, 4.69) is 78.6 Å². The van der Waals surface area contributed by atoms with Gasteiger partial charge in [-0.25, -0.2) is 0 Å². The molecule has 0 aromatic carbocycles. The van der Waals surface area contributed by atoms with Gasteiger partial charge in [0.05, 0.1) is 0 Å². The molecule has 1 rings (SSSR count). The molecule has 0 bridgehead atoms. The second-order valence-corrected chi connectivity index (χ2v) is 45.1. The molecular formula is C16H40Si4Sn. The van der Waals surface area contributed by atoms with Gasteiger partial charge in [0.25, 0.3) is 0 Å². The van der Waals surface area contributed by atoms with Crippen molar-refractivity contribution in [3.8, 4) is 0 Å². The Labute approximate surface area is 149 Å². The molecule has 0 amide bonds. The van der Waals surface area contributed by atoms with E-state index < -0.39 is 32.3 Å². The molecule has 0 saturated carbocycles. The molecule has 0 spiro atoms. The Morgan fingerprint density at radius 1 is 0.476 bits per heavy atom. The predicted molar refractivity (Wildman–Crippen MR) is 114 cm³/mol. The van der Waals surface area contributed by atoms with Crippen LogP contribution in [0.3, 0.4) is 0 Å². The summed E-state index contributed by atoms with van der Waals surface area (Å²) in [5.41, 5.74) is 0. The van der Waals surface area contributed by atoms with Crippen molar-refractivity contribution < 1.29 is 0 Å². The fourth-order valence-corrected chi connectivity index (χ4v) is 53.8. The van der Waals surface area contributed by atoms with Crippen molar-refractivity contribution in [1.82, 2.24) is 0 Å². The van der Waals surface area contributed by atoms with Crippen LogP contribution in [0.1, 0.15) is 12.8 Å². The summed E-state index contributed by atoms with van der Waals surface area (Å²) in [5, 5.41) is 0. The van der Waals surface area contributed by atoms with E-state index in [0.717, 1.165) is 5.35 Å². The van der Waals surface area contributed by atoms with Crippen molar-refractivity contribution in [2.45, 2.75) is 96.8 Å². The summed E-state index contributed by atoms with van der Waals surface area (Å²) < 4.78 is 1.87. The summed E-state index contributed by atoms with van der Waals surface area (Å²) in [6.45, 7) is 32.6. The quantitative estimate of drug-likeness (QED) is 0.429. The first kappa shape index (κ1) is 20.7. The third kappa shape index (κ3) is 3.26. The summed E-state index contributed by atoms with van der Waals surface area (Å²) >= 11 is -0.375. The van der Waals surface area contributed by atoms with Crippen LogP contribution >= 0.6 is 0 Å². The van der Waals surface area contributed by atoms with Crippen LogP contribution in [0.4, 0.5) is 0 Å². The Hall–Kier alpha value is 1.67. The topological polar surface area (TPSA) is 0 Å². The fourth-order valence-electron chi connectivity index (χ4n) is 5.36. The van der Waals surface area contributed by atoms with Crippen LogP contribution in [0.25, 0.3) is 0 Å². The number of hydrogen-bond acceptors (Lipinski definition) is 0. The van der Waals surface area contributed by atoms with Gasteiger partial charge in [-0.15, -0.1) is 0 Å². The third-order valence-corrected chi connectivity index (χ3v) is 59.6. The van der Waals surface area contributed by atoms with Crippen molar-refractivity contribution in [1.29, 1.82) is 0 Å². The summed E-state index contributed by atoms with van der Waals surface area (Å²) in [6, 6.07) is 0. The van der Waals surface area contributed by atoms with Gasteiger partial charge in [0.2, 0.25) is 0 Å². The number of rotatable bonds is 4. The maximum atomic E-state index is 2.72. The first-order valence-electron chi connectivity index (χ1n) is 8.71. The Morgan fingerprint density at radius 2 is 0.667 bits per heavy atom. The van der Waals surface area contributed by atoms with Gasteiger partial charge in [0, 0.05) is 0 Å². The number of hydrogen-bond donors (Lipinski definition) is 0. The van der Waals surface area contributed by atoms with E-state index in [1.807, 2.05) is 0 Å². The van der Waals surface area contributed by atoms with Crippen molar-refractivity contribution in [2.75, 3.05) is 0 Å². The summed E-state index contributed by atoms with van der Waals surface area (Å²) in [7, 11) is -4.30. The average molecular weight is 464 g/mol. The Morgan fingerprint density at radius 3 is 0.762 bits per heavy atom. The van der Waals surface area contributed by atoms with Crippen LogP contribution in [0.2, 0.25) is 83.9 Å². The van der Waals surface area contributed by atoms with Crippen molar-refractivity contribution in [3.05, 3.63) is 0 Å². The Kier molecular flexibility index (Phi) is 5.52. The zero-order chi connectivity index (χ0) is 17.1. The second kappa shape index (κ2) is 5.60. The molecule has 2 radical (unpaired) electrons. The van der Waals surface area contributed by atoms with Gasteiger partial charge in [0.15, 0.2) is 0 Å². The normalized spacial score (nSPS) is 23.4. The van der Waals surface area contributed by atoms with E-state index in [9.17, 15) is 0 Å². The van der Waals surface area contributed by atoms with E-state index in [4.69, 9.17) is 0 Å². The molecule has 1 aliphatic rings. The van der Waals surface area contributed by atoms with Gasteiger partial charge in [-0.3, -0.25) is 0 Å². The summed E-state index contributed by atoms with van der Waals surface area (Å²) in [4.78, 5) is 0. The van der Waals surface area contributed by atoms with Gasteiger partial charge >= 0.3 is 150 Å². The molecule has 0 nitrogen and oxygen atoms in total. The molecule has 5 heteroatoms. The zero-order valence-corrected chi connectivity index (χ0v) is 23.8. The monoisotopic (exact) mass is 464 g/mol. The van der Waals surface area contributed by atoms with E-state index in [0.29, 0.717) is 0 Å². The molecule has 1 saturated heterocycles. The molecule has 0 aliphatic carbocycles. The Bertz CT molecular complexity index is 324. The molecule has 124 valence electrons. The summed E-state index contributed by atoms with van der Waals surface area (Å²) in [5.74, 6) is 0. The molecule has 0 aromatic rings. The SMILES string of the molecule is C[Si](C)(C)[C]1([Si](C)(C)C)CC[C]([Si](C)(C)C)([Si](C)(C)C)[Sn]1. The molecule has 0 unspecified atom stereocenters. The zero-order valence-electron chi connectivity index (χ0n) is 16.9. The van der Waals surface area contributed by atoms with E-state index in [1.54, 1.807) is 12.8 Å². The van der Waals surface area contributed by atoms with Crippen LogP contribution in [-0.2, 0) is 0 Å². The standard InChI is InChI=1S/C16H40Si4.Sn/c1-17(2,3)15(18(4,5)6)13-14-16(19(7,8)9)20(10,11)12;/h13-14H2,1-12H3;. The van der Waals surface area contributed by atoms with Gasteiger partial charge in [-0.05, 0) is 0 Å². The molecule has 1 fully saturated rings. The molecular weight excluding hydrogens is 423 g/mol. The third-order valence-electron chi connectivity index (χ3n) is 6.42. The molecule has 1 heterocycles. The van der Waals surface area contributed by atoms with Gasteiger partial charge in [0.1, 0.15) is 0 Å². The van der Waals surface area contributed by atoms with E-state index >= 15 is 0 Å². The van der Waals surface area contributed by atoms with Crippen LogP contribution in [0.5, 0.6) is 0 Å². The minimum absolute atomic E-state index is 0.375. The summed E-state index contributed by atoms with van der Waals surface area (Å²) in [6.07, 6.45) is 3.28. The molecule has 0 aromatic heterocycles. The van der Waals surface area contributed by atoms with Gasteiger partial charge in [-0.2, -0.15) is 0 Å². The first-order valence-corrected chi connectivity index (χ1v) is 25.6. The van der Waals surface area contributed by atoms with Crippen LogP contribution in [-0.4, -0.2) is 53.4 Å². The maximum absolute atomic E-state index is 2.72. The predicted octanol–water partition coefficient (Wildman–Crippen LogP) is 6.31. The first-order chi connectivity index (χ1) is 8.91. The van der Waals surface area contributed by atoms with Crippen LogP contribution < -0.4 is 0 Å². The Balaban J connectivity index is 3.49. The second-order valence-electron chi connectivity index (χ2n) is 11.4.